The summed E-state index contributed by atoms with van der Waals surface area (Å²) in [6.07, 6.45) is 1.09. The molecule has 0 aliphatic heterocycles. The van der Waals surface area contributed by atoms with Gasteiger partial charge in [0.1, 0.15) is 6.17 Å². The third-order valence-electron chi connectivity index (χ3n) is 2.97. The molecule has 0 aromatic carbocycles. The molecule has 6 heteroatoms. The summed E-state index contributed by atoms with van der Waals surface area (Å²) in [5, 5.41) is 0. The maximum atomic E-state index is 12.1. The van der Waals surface area contributed by atoms with E-state index in [4.69, 9.17) is 14.2 Å². The van der Waals surface area contributed by atoms with Crippen LogP contribution in [-0.2, 0) is 18.8 Å². The SMILES string of the molecule is C.C.C.CC(C)(C)CCP(C)(C)=O.CC(F)COC(C)(C)C.COCCOC(C)(C)C. The molecule has 0 heterocycles. The molecule has 0 aromatic heterocycles. The number of ether oxygens (including phenoxy) is 3. The largest absolute Gasteiger partial charge is 0.382 e. The minimum Gasteiger partial charge on any atom is -0.382 e. The molecule has 0 aromatic rings. The lowest BCUT2D eigenvalue weighted by atomic mass is 9.94. The summed E-state index contributed by atoms with van der Waals surface area (Å²) < 4.78 is 38.6. The summed E-state index contributed by atoms with van der Waals surface area (Å²) in [7, 11) is -0.0895. The standard InChI is InChI=1S/C8H19OP.C7H15FO.C7H16O2.3CH4/c1-8(2,3)6-7-10(4,5)9;1-6(8)5-9-7(2,3)4;1-7(2,3)9-6-5-8-4;;;/h6-7H2,1-5H3;6H,5H2,1-4H3;5-6H2,1-4H3;3*1H4. The minimum absolute atomic E-state index is 0. The van der Waals surface area contributed by atoms with Gasteiger partial charge in [-0.3, -0.25) is 0 Å². The van der Waals surface area contributed by atoms with Crippen LogP contribution in [0.25, 0.3) is 0 Å². The van der Waals surface area contributed by atoms with Gasteiger partial charge in [0.25, 0.3) is 0 Å². The molecular weight excluding hydrogens is 414 g/mol. The third-order valence-corrected chi connectivity index (χ3v) is 4.27. The molecule has 1 atom stereocenters. The van der Waals surface area contributed by atoms with Crippen molar-refractivity contribution >= 4 is 7.14 Å². The van der Waals surface area contributed by atoms with E-state index >= 15 is 0 Å². The molecule has 0 rings (SSSR count). The van der Waals surface area contributed by atoms with Gasteiger partial charge in [0.15, 0.2) is 0 Å². The molecule has 0 aliphatic carbocycles. The zero-order valence-electron chi connectivity index (χ0n) is 21.1. The van der Waals surface area contributed by atoms with Crippen molar-refractivity contribution in [3.63, 3.8) is 0 Å². The summed E-state index contributed by atoms with van der Waals surface area (Å²) in [4.78, 5) is 0. The minimum atomic E-state index is -1.76. The Morgan fingerprint density at radius 2 is 1.19 bits per heavy atom. The van der Waals surface area contributed by atoms with Gasteiger partial charge in [-0.2, -0.15) is 0 Å². The zero-order chi connectivity index (χ0) is 23.2. The molecule has 0 spiro atoms. The van der Waals surface area contributed by atoms with Crippen LogP contribution in [0.4, 0.5) is 4.39 Å². The monoisotopic (exact) mass is 476 g/mol. The average molecular weight is 477 g/mol. The van der Waals surface area contributed by atoms with Crippen LogP contribution >= 0.6 is 7.14 Å². The van der Waals surface area contributed by atoms with Crippen LogP contribution in [-0.4, -0.2) is 63.8 Å². The Kier molecular flexibility index (Phi) is 29.7. The molecule has 1 unspecified atom stereocenters. The predicted octanol–water partition coefficient (Wildman–Crippen LogP) is 8.56. The van der Waals surface area contributed by atoms with Crippen molar-refractivity contribution in [3.8, 4) is 0 Å². The van der Waals surface area contributed by atoms with Gasteiger partial charge < -0.3 is 18.8 Å². The van der Waals surface area contributed by atoms with Crippen LogP contribution in [0.15, 0.2) is 0 Å². The highest BCUT2D eigenvalue weighted by Crippen LogP contribution is 2.39. The highest BCUT2D eigenvalue weighted by Gasteiger charge is 2.15. The highest BCUT2D eigenvalue weighted by molar-refractivity contribution is 7.62. The van der Waals surface area contributed by atoms with Crippen molar-refractivity contribution in [2.75, 3.05) is 46.4 Å². The molecule has 0 N–H and O–H groups in total. The summed E-state index contributed by atoms with van der Waals surface area (Å²) in [6, 6.07) is 0. The molecule has 0 saturated heterocycles. The van der Waals surface area contributed by atoms with E-state index in [1.807, 2.05) is 54.9 Å². The van der Waals surface area contributed by atoms with Crippen LogP contribution in [0.2, 0.25) is 0 Å². The van der Waals surface area contributed by atoms with Crippen molar-refractivity contribution in [3.05, 3.63) is 0 Å². The normalized spacial score (nSPS) is 12.5. The lowest BCUT2D eigenvalue weighted by Gasteiger charge is -2.19. The van der Waals surface area contributed by atoms with Gasteiger partial charge in [-0.25, -0.2) is 4.39 Å². The van der Waals surface area contributed by atoms with Crippen molar-refractivity contribution in [1.82, 2.24) is 0 Å². The van der Waals surface area contributed by atoms with E-state index in [0.717, 1.165) is 12.6 Å². The molecule has 31 heavy (non-hydrogen) atoms. The maximum Gasteiger partial charge on any atom is 0.121 e. The van der Waals surface area contributed by atoms with E-state index in [-0.39, 0.29) is 40.1 Å². The van der Waals surface area contributed by atoms with Crippen LogP contribution in [0.5, 0.6) is 0 Å². The smallest absolute Gasteiger partial charge is 0.121 e. The Labute approximate surface area is 197 Å². The van der Waals surface area contributed by atoms with Gasteiger partial charge in [-0.05, 0) is 73.6 Å². The van der Waals surface area contributed by atoms with Crippen molar-refractivity contribution < 1.29 is 23.2 Å². The molecule has 0 saturated carbocycles. The Morgan fingerprint density at radius 1 is 0.806 bits per heavy atom. The summed E-state index contributed by atoms with van der Waals surface area (Å²) in [5.41, 5.74) is 0.0978. The topological polar surface area (TPSA) is 44.8 Å². The van der Waals surface area contributed by atoms with Crippen molar-refractivity contribution in [2.45, 2.75) is 115 Å². The Bertz CT molecular complexity index is 399. The first kappa shape index (κ1) is 44.7. The van der Waals surface area contributed by atoms with E-state index in [2.05, 4.69) is 20.8 Å². The van der Waals surface area contributed by atoms with Crippen LogP contribution in [0, 0.1) is 5.41 Å². The maximum absolute atomic E-state index is 12.1. The first-order valence-electron chi connectivity index (χ1n) is 10.1. The number of halogens is 1. The molecule has 0 aliphatic rings. The highest BCUT2D eigenvalue weighted by atomic mass is 31.2. The Hall–Kier alpha value is 0.0400. The van der Waals surface area contributed by atoms with Crippen molar-refractivity contribution in [1.29, 1.82) is 0 Å². The molecular formula is C25H62FO4P. The molecule has 0 bridgehead atoms. The molecule has 198 valence electrons. The molecule has 0 fully saturated rings. The number of hydrogen-bond donors (Lipinski definition) is 0. The van der Waals surface area contributed by atoms with Crippen LogP contribution in [0.3, 0.4) is 0 Å². The van der Waals surface area contributed by atoms with E-state index in [1.54, 1.807) is 7.11 Å². The van der Waals surface area contributed by atoms with E-state index in [9.17, 15) is 8.96 Å². The Morgan fingerprint density at radius 3 is 1.35 bits per heavy atom. The quantitative estimate of drug-likeness (QED) is 0.273. The van der Waals surface area contributed by atoms with Gasteiger partial charge in [0, 0.05) is 13.3 Å². The van der Waals surface area contributed by atoms with Crippen molar-refractivity contribution in [2.24, 2.45) is 5.41 Å². The van der Waals surface area contributed by atoms with Crippen LogP contribution < -0.4 is 0 Å². The fraction of sp³-hybridized carbons (Fsp3) is 1.00. The average Bonchev–Trinajstić information content (AvgIpc) is 2.41. The number of alkyl halides is 1. The fourth-order valence-corrected chi connectivity index (χ4v) is 2.61. The first-order valence-corrected chi connectivity index (χ1v) is 12.9. The number of rotatable bonds is 7. The van der Waals surface area contributed by atoms with Gasteiger partial charge in [-0.15, -0.1) is 0 Å². The van der Waals surface area contributed by atoms with Gasteiger partial charge in [-0.1, -0.05) is 43.1 Å². The van der Waals surface area contributed by atoms with E-state index in [0.29, 0.717) is 18.6 Å². The second-order valence-corrected chi connectivity index (χ2v) is 14.4. The summed E-state index contributed by atoms with van der Waals surface area (Å²) >= 11 is 0. The molecule has 0 radical (unpaired) electrons. The third kappa shape index (κ3) is 65.2. The van der Waals surface area contributed by atoms with Crippen LogP contribution in [0.1, 0.15) is 97.9 Å². The lowest BCUT2D eigenvalue weighted by molar-refractivity contribution is -0.0271. The second-order valence-electron chi connectivity index (χ2n) is 10.8. The zero-order valence-corrected chi connectivity index (χ0v) is 22.0. The summed E-state index contributed by atoms with van der Waals surface area (Å²) in [5.74, 6) is 0. The predicted molar refractivity (Wildman–Crippen MR) is 142 cm³/mol. The lowest BCUT2D eigenvalue weighted by Crippen LogP contribution is -2.22. The molecule has 0 amide bonds. The first-order chi connectivity index (χ1) is 12.2. The molecule has 4 nitrogen and oxygen atoms in total. The van der Waals surface area contributed by atoms with Gasteiger partial charge >= 0.3 is 0 Å². The Balaban J connectivity index is -0.0000000722. The summed E-state index contributed by atoms with van der Waals surface area (Å²) in [6.45, 7) is 25.1. The number of methoxy groups -OCH3 is 1. The van der Waals surface area contributed by atoms with E-state index < -0.39 is 13.3 Å². The fourth-order valence-electron chi connectivity index (χ4n) is 1.40. The van der Waals surface area contributed by atoms with E-state index in [1.165, 1.54) is 6.92 Å². The number of hydrogen-bond acceptors (Lipinski definition) is 4. The second kappa shape index (κ2) is 20.6. The van der Waals surface area contributed by atoms with Gasteiger partial charge in [0.2, 0.25) is 0 Å². The van der Waals surface area contributed by atoms with Gasteiger partial charge in [0.05, 0.1) is 38.2 Å².